The van der Waals surface area contributed by atoms with Crippen LogP contribution in [0.2, 0.25) is 0 Å². The van der Waals surface area contributed by atoms with E-state index >= 15 is 0 Å². The van der Waals surface area contributed by atoms with Crippen molar-refractivity contribution in [3.05, 3.63) is 18.0 Å². The first kappa shape index (κ1) is 13.6. The number of aromatic nitrogens is 2. The van der Waals surface area contributed by atoms with Crippen LogP contribution in [0.3, 0.4) is 0 Å². The molecule has 0 saturated carbocycles. The van der Waals surface area contributed by atoms with Crippen LogP contribution in [0.1, 0.15) is 51.6 Å². The molecule has 0 amide bonds. The van der Waals surface area contributed by atoms with Crippen LogP contribution in [0.4, 0.5) is 0 Å². The molecule has 0 radical (unpaired) electrons. The fourth-order valence-electron chi connectivity index (χ4n) is 2.41. The number of nitrogens with zero attached hydrogens (tertiary/aromatic N) is 2. The summed E-state index contributed by atoms with van der Waals surface area (Å²) in [6.45, 7) is 8.44. The van der Waals surface area contributed by atoms with Crippen molar-refractivity contribution in [3.8, 4) is 0 Å². The maximum atomic E-state index is 5.82. The Bertz CT molecular complexity index is 364. The van der Waals surface area contributed by atoms with Crippen LogP contribution >= 0.6 is 0 Å². The molecule has 4 nitrogen and oxygen atoms in total. The number of rotatable bonds is 6. The van der Waals surface area contributed by atoms with E-state index < -0.39 is 0 Å². The van der Waals surface area contributed by atoms with Crippen LogP contribution in [0.15, 0.2) is 12.4 Å². The van der Waals surface area contributed by atoms with E-state index in [0.29, 0.717) is 18.2 Å². The maximum absolute atomic E-state index is 5.82. The van der Waals surface area contributed by atoms with Gasteiger partial charge in [-0.15, -0.1) is 0 Å². The summed E-state index contributed by atoms with van der Waals surface area (Å²) in [4.78, 5) is 0. The summed E-state index contributed by atoms with van der Waals surface area (Å²) < 4.78 is 7.84. The van der Waals surface area contributed by atoms with Crippen molar-refractivity contribution >= 4 is 0 Å². The minimum atomic E-state index is 0.339. The molecule has 3 unspecified atom stereocenters. The third-order valence-corrected chi connectivity index (χ3v) is 3.56. The van der Waals surface area contributed by atoms with Gasteiger partial charge in [0, 0.05) is 17.8 Å². The van der Waals surface area contributed by atoms with Gasteiger partial charge in [0.25, 0.3) is 0 Å². The molecule has 1 saturated heterocycles. The Morgan fingerprint density at radius 3 is 3.06 bits per heavy atom. The predicted octanol–water partition coefficient (Wildman–Crippen LogP) is 2.51. The van der Waals surface area contributed by atoms with E-state index in [-0.39, 0.29) is 0 Å². The van der Waals surface area contributed by atoms with E-state index in [1.807, 2.05) is 10.9 Å². The first-order valence-electron chi connectivity index (χ1n) is 7.10. The second-order valence-corrected chi connectivity index (χ2v) is 5.32. The number of nitrogens with one attached hydrogen (secondary N) is 1. The van der Waals surface area contributed by atoms with Crippen LogP contribution in [0, 0.1) is 0 Å². The van der Waals surface area contributed by atoms with Gasteiger partial charge in [-0.05, 0) is 39.7 Å². The summed E-state index contributed by atoms with van der Waals surface area (Å²) in [7, 11) is 0. The quantitative estimate of drug-likeness (QED) is 0.844. The Hall–Kier alpha value is -0.870. The lowest BCUT2D eigenvalue weighted by Crippen LogP contribution is -2.19. The highest BCUT2D eigenvalue weighted by Crippen LogP contribution is 2.20. The lowest BCUT2D eigenvalue weighted by Gasteiger charge is -2.12. The molecule has 1 aromatic rings. The maximum Gasteiger partial charge on any atom is 0.0775 e. The van der Waals surface area contributed by atoms with E-state index in [1.54, 1.807) is 0 Å². The molecule has 4 heteroatoms. The van der Waals surface area contributed by atoms with Gasteiger partial charge in [0.05, 0.1) is 24.9 Å². The molecule has 2 heterocycles. The van der Waals surface area contributed by atoms with Gasteiger partial charge >= 0.3 is 0 Å². The average molecular weight is 251 g/mol. The second-order valence-electron chi connectivity index (χ2n) is 5.32. The first-order valence-corrected chi connectivity index (χ1v) is 7.10. The predicted molar refractivity (Wildman–Crippen MR) is 72.5 cm³/mol. The van der Waals surface area contributed by atoms with Crippen LogP contribution in [0.25, 0.3) is 0 Å². The highest BCUT2D eigenvalue weighted by molar-refractivity contribution is 5.09. The molecule has 1 aromatic heterocycles. The van der Waals surface area contributed by atoms with E-state index in [9.17, 15) is 0 Å². The summed E-state index contributed by atoms with van der Waals surface area (Å²) in [5.41, 5.74) is 1.26. The zero-order chi connectivity index (χ0) is 13.0. The molecular formula is C14H25N3O. The zero-order valence-electron chi connectivity index (χ0n) is 11.7. The highest BCUT2D eigenvalue weighted by atomic mass is 16.5. The molecule has 1 aliphatic heterocycles. The van der Waals surface area contributed by atoms with Gasteiger partial charge in [-0.3, -0.25) is 4.68 Å². The molecule has 1 N–H and O–H groups in total. The molecule has 1 fully saturated rings. The minimum absolute atomic E-state index is 0.339. The Morgan fingerprint density at radius 2 is 2.39 bits per heavy atom. The minimum Gasteiger partial charge on any atom is -0.373 e. The van der Waals surface area contributed by atoms with Crippen molar-refractivity contribution in [1.29, 1.82) is 0 Å². The topological polar surface area (TPSA) is 39.1 Å². The third kappa shape index (κ3) is 3.56. The van der Waals surface area contributed by atoms with Gasteiger partial charge in [-0.2, -0.15) is 5.10 Å². The lowest BCUT2D eigenvalue weighted by atomic mass is 10.2. The molecular weight excluding hydrogens is 226 g/mol. The van der Waals surface area contributed by atoms with E-state index in [4.69, 9.17) is 4.74 Å². The molecule has 0 bridgehead atoms. The van der Waals surface area contributed by atoms with Gasteiger partial charge in [-0.25, -0.2) is 0 Å². The van der Waals surface area contributed by atoms with Crippen LogP contribution in [-0.2, 0) is 11.3 Å². The molecule has 18 heavy (non-hydrogen) atoms. The standard InChI is InChI=1S/C14H25N3O/c1-4-7-15-12(3)13-8-16-17(9-13)10-14-6-5-11(2)18-14/h8-9,11-12,14-15H,4-7,10H2,1-3H3. The Kier molecular flexibility index (Phi) is 4.78. The molecule has 0 spiro atoms. The normalized spacial score (nSPS) is 25.5. The summed E-state index contributed by atoms with van der Waals surface area (Å²) in [5.74, 6) is 0. The lowest BCUT2D eigenvalue weighted by molar-refractivity contribution is 0.0437. The molecule has 0 aliphatic carbocycles. The number of ether oxygens (including phenoxy) is 1. The molecule has 0 aromatic carbocycles. The first-order chi connectivity index (χ1) is 8.69. The largest absolute Gasteiger partial charge is 0.373 e. The molecule has 102 valence electrons. The van der Waals surface area contributed by atoms with Crippen molar-refractivity contribution < 1.29 is 4.74 Å². The van der Waals surface area contributed by atoms with Crippen molar-refractivity contribution in [3.63, 3.8) is 0 Å². The third-order valence-electron chi connectivity index (χ3n) is 3.56. The second kappa shape index (κ2) is 6.34. The van der Waals surface area contributed by atoms with E-state index in [0.717, 1.165) is 25.9 Å². The average Bonchev–Trinajstić information content (AvgIpc) is 2.96. The van der Waals surface area contributed by atoms with Crippen molar-refractivity contribution in [1.82, 2.24) is 15.1 Å². The van der Waals surface area contributed by atoms with Crippen LogP contribution < -0.4 is 5.32 Å². The molecule has 1 aliphatic rings. The fourth-order valence-corrected chi connectivity index (χ4v) is 2.41. The smallest absolute Gasteiger partial charge is 0.0775 e. The summed E-state index contributed by atoms with van der Waals surface area (Å²) in [6.07, 6.45) is 8.34. The van der Waals surface area contributed by atoms with Gasteiger partial charge in [0.2, 0.25) is 0 Å². The monoisotopic (exact) mass is 251 g/mol. The van der Waals surface area contributed by atoms with Crippen LogP contribution in [-0.4, -0.2) is 28.5 Å². The zero-order valence-corrected chi connectivity index (χ0v) is 11.7. The van der Waals surface area contributed by atoms with Gasteiger partial charge in [-0.1, -0.05) is 6.92 Å². The van der Waals surface area contributed by atoms with Crippen molar-refractivity contribution in [2.75, 3.05) is 6.54 Å². The van der Waals surface area contributed by atoms with Gasteiger partial charge in [0.15, 0.2) is 0 Å². The number of hydrogen-bond donors (Lipinski definition) is 1. The van der Waals surface area contributed by atoms with E-state index in [1.165, 1.54) is 12.0 Å². The summed E-state index contributed by atoms with van der Waals surface area (Å²) in [5, 5.41) is 7.91. The fraction of sp³-hybridized carbons (Fsp3) is 0.786. The molecule has 2 rings (SSSR count). The number of hydrogen-bond acceptors (Lipinski definition) is 3. The van der Waals surface area contributed by atoms with E-state index in [2.05, 4.69) is 37.4 Å². The SMILES string of the molecule is CCCNC(C)c1cnn(CC2CCC(C)O2)c1. The Morgan fingerprint density at radius 1 is 1.56 bits per heavy atom. The Labute approximate surface area is 110 Å². The van der Waals surface area contributed by atoms with Gasteiger partial charge < -0.3 is 10.1 Å². The van der Waals surface area contributed by atoms with Crippen molar-refractivity contribution in [2.24, 2.45) is 0 Å². The van der Waals surface area contributed by atoms with Crippen molar-refractivity contribution in [2.45, 2.75) is 64.8 Å². The summed E-state index contributed by atoms with van der Waals surface area (Å²) >= 11 is 0. The highest BCUT2D eigenvalue weighted by Gasteiger charge is 2.22. The molecule has 3 atom stereocenters. The summed E-state index contributed by atoms with van der Waals surface area (Å²) in [6, 6.07) is 0.377. The van der Waals surface area contributed by atoms with Crippen LogP contribution in [0.5, 0.6) is 0 Å². The van der Waals surface area contributed by atoms with Gasteiger partial charge in [0.1, 0.15) is 0 Å². The Balaban J connectivity index is 1.85.